The van der Waals surface area contributed by atoms with E-state index < -0.39 is 0 Å². The molecule has 0 aliphatic heterocycles. The maximum Gasteiger partial charge on any atom is 0.220 e. The summed E-state index contributed by atoms with van der Waals surface area (Å²) in [7, 11) is 1.64. The van der Waals surface area contributed by atoms with Crippen LogP contribution in [0.25, 0.3) is 11.0 Å². The third-order valence-electron chi connectivity index (χ3n) is 4.10. The maximum absolute atomic E-state index is 12.2. The van der Waals surface area contributed by atoms with Crippen LogP contribution in [0.15, 0.2) is 48.8 Å². The molecule has 124 valence electrons. The van der Waals surface area contributed by atoms with Crippen LogP contribution in [0.4, 0.5) is 0 Å². The molecule has 2 N–H and O–H groups in total. The van der Waals surface area contributed by atoms with Crippen molar-refractivity contribution in [2.24, 2.45) is 0 Å². The number of carbonyl (C=O) groups excluding carboxylic acids is 1. The first-order valence-corrected chi connectivity index (χ1v) is 8.01. The van der Waals surface area contributed by atoms with E-state index in [1.54, 1.807) is 13.4 Å². The van der Waals surface area contributed by atoms with Crippen LogP contribution in [0, 0.1) is 0 Å². The minimum atomic E-state index is -0.0531. The number of fused-ring (bicyclic) bond motifs is 1. The summed E-state index contributed by atoms with van der Waals surface area (Å²) in [5.74, 6) is 0.830. The zero-order chi connectivity index (χ0) is 16.9. The average molecular weight is 323 g/mol. The Balaban J connectivity index is 1.56. The molecule has 5 heteroatoms. The van der Waals surface area contributed by atoms with E-state index in [0.29, 0.717) is 12.8 Å². The van der Waals surface area contributed by atoms with Gasteiger partial charge in [-0.15, -0.1) is 0 Å². The maximum atomic E-state index is 12.2. The third kappa shape index (κ3) is 3.74. The predicted octanol–water partition coefficient (Wildman–Crippen LogP) is 3.38. The number of methoxy groups -OCH3 is 1. The molecule has 0 aliphatic carbocycles. The van der Waals surface area contributed by atoms with Crippen molar-refractivity contribution in [1.29, 1.82) is 0 Å². The fourth-order valence-electron chi connectivity index (χ4n) is 2.70. The number of rotatable bonds is 6. The molecule has 3 rings (SSSR count). The van der Waals surface area contributed by atoms with Gasteiger partial charge in [0.15, 0.2) is 0 Å². The zero-order valence-electron chi connectivity index (χ0n) is 13.9. The Bertz CT molecular complexity index is 841. The van der Waals surface area contributed by atoms with Gasteiger partial charge in [0.1, 0.15) is 5.75 Å². The van der Waals surface area contributed by atoms with Crippen molar-refractivity contribution < 1.29 is 9.53 Å². The van der Waals surface area contributed by atoms with Gasteiger partial charge in [-0.1, -0.05) is 18.2 Å². The van der Waals surface area contributed by atoms with Crippen LogP contribution >= 0.6 is 0 Å². The molecular weight excluding hydrogens is 302 g/mol. The highest BCUT2D eigenvalue weighted by molar-refractivity contribution is 5.78. The van der Waals surface area contributed by atoms with E-state index in [2.05, 4.69) is 15.3 Å². The van der Waals surface area contributed by atoms with Crippen molar-refractivity contribution in [2.45, 2.75) is 25.8 Å². The van der Waals surface area contributed by atoms with E-state index in [1.165, 1.54) is 0 Å². The third-order valence-corrected chi connectivity index (χ3v) is 4.10. The quantitative estimate of drug-likeness (QED) is 0.731. The van der Waals surface area contributed by atoms with Crippen LogP contribution in [0.1, 0.15) is 30.5 Å². The zero-order valence-corrected chi connectivity index (χ0v) is 13.9. The van der Waals surface area contributed by atoms with Gasteiger partial charge in [0.25, 0.3) is 0 Å². The highest BCUT2D eigenvalue weighted by Crippen LogP contribution is 2.19. The molecule has 24 heavy (non-hydrogen) atoms. The van der Waals surface area contributed by atoms with Crippen molar-refractivity contribution in [1.82, 2.24) is 15.3 Å². The lowest BCUT2D eigenvalue weighted by molar-refractivity contribution is -0.121. The van der Waals surface area contributed by atoms with Gasteiger partial charge in [-0.05, 0) is 48.7 Å². The van der Waals surface area contributed by atoms with Gasteiger partial charge >= 0.3 is 0 Å². The molecule has 0 saturated carbocycles. The van der Waals surface area contributed by atoms with E-state index in [9.17, 15) is 4.79 Å². The van der Waals surface area contributed by atoms with E-state index in [0.717, 1.165) is 27.9 Å². The Morgan fingerprint density at radius 2 is 2.17 bits per heavy atom. The smallest absolute Gasteiger partial charge is 0.220 e. The second-order valence-electron chi connectivity index (χ2n) is 5.82. The van der Waals surface area contributed by atoms with Crippen molar-refractivity contribution in [3.63, 3.8) is 0 Å². The van der Waals surface area contributed by atoms with Crippen LogP contribution in [-0.2, 0) is 11.2 Å². The van der Waals surface area contributed by atoms with Gasteiger partial charge in [-0.25, -0.2) is 4.98 Å². The number of imidazole rings is 1. The van der Waals surface area contributed by atoms with Crippen LogP contribution < -0.4 is 10.1 Å². The number of aromatic nitrogens is 2. The number of aromatic amines is 1. The monoisotopic (exact) mass is 323 g/mol. The topological polar surface area (TPSA) is 67.0 Å². The molecule has 0 spiro atoms. The van der Waals surface area contributed by atoms with E-state index >= 15 is 0 Å². The van der Waals surface area contributed by atoms with Gasteiger partial charge < -0.3 is 15.0 Å². The van der Waals surface area contributed by atoms with Crippen molar-refractivity contribution in [2.75, 3.05) is 7.11 Å². The van der Waals surface area contributed by atoms with Crippen LogP contribution in [0.2, 0.25) is 0 Å². The van der Waals surface area contributed by atoms with Gasteiger partial charge in [-0.3, -0.25) is 4.79 Å². The number of benzene rings is 2. The Kier molecular flexibility index (Phi) is 4.79. The van der Waals surface area contributed by atoms with Crippen LogP contribution in [0.3, 0.4) is 0 Å². The summed E-state index contributed by atoms with van der Waals surface area (Å²) in [6.07, 6.45) is 2.83. The Morgan fingerprint density at radius 1 is 1.29 bits per heavy atom. The molecule has 2 aromatic carbocycles. The minimum Gasteiger partial charge on any atom is -0.497 e. The lowest BCUT2D eigenvalue weighted by atomic mass is 10.1. The Labute approximate surface area is 141 Å². The number of amides is 1. The normalized spacial score (nSPS) is 12.1. The van der Waals surface area contributed by atoms with E-state index in [4.69, 9.17) is 4.74 Å². The molecule has 1 amide bonds. The first kappa shape index (κ1) is 16.1. The van der Waals surface area contributed by atoms with Crippen LogP contribution in [0.5, 0.6) is 5.75 Å². The molecule has 0 saturated heterocycles. The number of H-pyrrole nitrogens is 1. The van der Waals surface area contributed by atoms with Gasteiger partial charge in [-0.2, -0.15) is 0 Å². The van der Waals surface area contributed by atoms with E-state index in [-0.39, 0.29) is 11.9 Å². The Hall–Kier alpha value is -2.82. The second-order valence-corrected chi connectivity index (χ2v) is 5.82. The summed E-state index contributed by atoms with van der Waals surface area (Å²) in [4.78, 5) is 19.5. The highest BCUT2D eigenvalue weighted by atomic mass is 16.5. The largest absolute Gasteiger partial charge is 0.497 e. The lowest BCUT2D eigenvalue weighted by Crippen LogP contribution is -2.26. The molecule has 0 aliphatic rings. The summed E-state index contributed by atoms with van der Waals surface area (Å²) in [6, 6.07) is 13.7. The first-order valence-electron chi connectivity index (χ1n) is 8.01. The molecule has 1 aromatic heterocycles. The average Bonchev–Trinajstić information content (AvgIpc) is 3.07. The summed E-state index contributed by atoms with van der Waals surface area (Å²) < 4.78 is 5.22. The number of ether oxygens (including phenoxy) is 1. The number of aryl methyl sites for hydroxylation is 1. The van der Waals surface area contributed by atoms with Gasteiger partial charge in [0, 0.05) is 6.42 Å². The van der Waals surface area contributed by atoms with Crippen LogP contribution in [-0.4, -0.2) is 23.0 Å². The summed E-state index contributed by atoms with van der Waals surface area (Å²) in [5, 5.41) is 3.04. The summed E-state index contributed by atoms with van der Waals surface area (Å²) in [5.41, 5.74) is 4.09. The molecule has 3 aromatic rings. The van der Waals surface area contributed by atoms with Crippen molar-refractivity contribution >= 4 is 16.9 Å². The molecule has 0 radical (unpaired) electrons. The summed E-state index contributed by atoms with van der Waals surface area (Å²) >= 11 is 0. The van der Waals surface area contributed by atoms with Crippen molar-refractivity contribution in [3.8, 4) is 5.75 Å². The van der Waals surface area contributed by atoms with Gasteiger partial charge in [0.2, 0.25) is 5.91 Å². The second kappa shape index (κ2) is 7.17. The predicted molar refractivity (Wildman–Crippen MR) is 94.0 cm³/mol. The molecule has 0 bridgehead atoms. The molecule has 5 nitrogen and oxygen atoms in total. The number of nitrogens with zero attached hydrogens (tertiary/aromatic N) is 1. The standard InChI is InChI=1S/C19H21N3O2/c1-13(15-4-3-5-16(11-15)24-2)22-19(23)9-7-14-6-8-17-18(10-14)21-12-20-17/h3-6,8,10-13H,7,9H2,1-2H3,(H,20,21)(H,22,23)/t13-/m0/s1. The number of carbonyl (C=O) groups is 1. The fourth-order valence-corrected chi connectivity index (χ4v) is 2.70. The number of hydrogen-bond acceptors (Lipinski definition) is 3. The number of hydrogen-bond donors (Lipinski definition) is 2. The lowest BCUT2D eigenvalue weighted by Gasteiger charge is -2.15. The van der Waals surface area contributed by atoms with Crippen molar-refractivity contribution in [3.05, 3.63) is 59.9 Å². The molecule has 1 heterocycles. The first-order chi connectivity index (χ1) is 11.7. The Morgan fingerprint density at radius 3 is 3.00 bits per heavy atom. The van der Waals surface area contributed by atoms with E-state index in [1.807, 2.05) is 49.4 Å². The van der Waals surface area contributed by atoms with Gasteiger partial charge in [0.05, 0.1) is 30.5 Å². The fraction of sp³-hybridized carbons (Fsp3) is 0.263. The molecule has 1 atom stereocenters. The SMILES string of the molecule is COc1cccc([C@H](C)NC(=O)CCc2ccc3nc[nH]c3c2)c1. The number of nitrogens with one attached hydrogen (secondary N) is 2. The minimum absolute atomic E-state index is 0.0371. The molecule has 0 unspecified atom stereocenters. The molecule has 0 fully saturated rings. The highest BCUT2D eigenvalue weighted by Gasteiger charge is 2.10. The molecular formula is C19H21N3O2. The summed E-state index contributed by atoms with van der Waals surface area (Å²) in [6.45, 7) is 1.98.